The van der Waals surface area contributed by atoms with Crippen LogP contribution in [0.2, 0.25) is 15.1 Å². The van der Waals surface area contributed by atoms with Gasteiger partial charge in [-0.1, -0.05) is 53.0 Å². The number of nitrogen functional groups attached to an aromatic ring is 1. The van der Waals surface area contributed by atoms with Gasteiger partial charge in [-0.15, -0.1) is 5.10 Å². The van der Waals surface area contributed by atoms with Crippen LogP contribution in [0.3, 0.4) is 0 Å². The van der Waals surface area contributed by atoms with Crippen molar-refractivity contribution in [3.63, 3.8) is 0 Å². The zero-order valence-electron chi connectivity index (χ0n) is 15.1. The molecule has 1 atom stereocenters. The second-order valence-corrected chi connectivity index (χ2v) is 7.65. The molecule has 3 aromatic rings. The molecule has 7 nitrogen and oxygen atoms in total. The number of aryl methyl sites for hydroxylation is 1. The molecular formula is C19H15Cl3N6O. The average molecular weight is 450 g/mol. The van der Waals surface area contributed by atoms with E-state index in [4.69, 9.17) is 40.5 Å². The second kappa shape index (κ2) is 7.59. The number of nitrogens with zero attached hydrogens (tertiary/aromatic N) is 4. The largest absolute Gasteiger partial charge is 0.396 e. The molecule has 0 bridgehead atoms. The number of amidine groups is 1. The van der Waals surface area contributed by atoms with Gasteiger partial charge in [-0.2, -0.15) is 10.1 Å². The lowest BCUT2D eigenvalue weighted by Gasteiger charge is -2.17. The molecule has 0 radical (unpaired) electrons. The third-order valence-corrected chi connectivity index (χ3v) is 5.16. The molecule has 0 fully saturated rings. The average Bonchev–Trinajstić information content (AvgIpc) is 3.14. The van der Waals surface area contributed by atoms with Gasteiger partial charge in [0.05, 0.1) is 21.4 Å². The molecule has 29 heavy (non-hydrogen) atoms. The fourth-order valence-corrected chi connectivity index (χ4v) is 3.95. The van der Waals surface area contributed by atoms with E-state index in [0.29, 0.717) is 22.2 Å². The first-order chi connectivity index (χ1) is 13.8. The number of hydrazone groups is 1. The molecule has 1 aromatic heterocycles. The summed E-state index contributed by atoms with van der Waals surface area (Å²) in [6, 6.07) is 11.5. The van der Waals surface area contributed by atoms with E-state index >= 15 is 0 Å². The van der Waals surface area contributed by atoms with Gasteiger partial charge in [-0.25, -0.2) is 4.68 Å². The summed E-state index contributed by atoms with van der Waals surface area (Å²) in [5, 5.41) is 13.9. The summed E-state index contributed by atoms with van der Waals surface area (Å²) >= 11 is 18.6. The minimum absolute atomic E-state index is 0.204. The number of benzene rings is 2. The predicted molar refractivity (Wildman–Crippen MR) is 117 cm³/mol. The van der Waals surface area contributed by atoms with E-state index in [-0.39, 0.29) is 15.7 Å². The Hall–Kier alpha value is -2.74. The normalized spacial score (nSPS) is 16.3. The number of nitrogens with two attached hydrogens (primary N) is 1. The van der Waals surface area contributed by atoms with Crippen LogP contribution in [-0.2, 0) is 4.79 Å². The molecular weight excluding hydrogens is 435 g/mol. The number of anilines is 3. The molecule has 10 heteroatoms. The number of carbonyl (C=O) groups excluding carboxylic acids is 1. The molecule has 3 N–H and O–H groups in total. The van der Waals surface area contributed by atoms with Crippen molar-refractivity contribution in [2.75, 3.05) is 16.1 Å². The number of carbonyl (C=O) groups is 1. The van der Waals surface area contributed by atoms with Crippen LogP contribution in [0, 0.1) is 6.92 Å². The van der Waals surface area contributed by atoms with Gasteiger partial charge in [-0.3, -0.25) is 4.79 Å². The van der Waals surface area contributed by atoms with E-state index in [2.05, 4.69) is 15.5 Å². The fraction of sp³-hybridized carbons (Fsp3) is 0.105. The van der Waals surface area contributed by atoms with Crippen molar-refractivity contribution < 1.29 is 4.79 Å². The molecule has 0 saturated heterocycles. The maximum absolute atomic E-state index is 13.3. The van der Waals surface area contributed by atoms with Crippen molar-refractivity contribution in [3.05, 3.63) is 69.4 Å². The number of nitrogens with one attached hydrogen (secondary N) is 1. The molecule has 1 unspecified atom stereocenters. The highest BCUT2D eigenvalue weighted by Crippen LogP contribution is 2.40. The first-order valence-electron chi connectivity index (χ1n) is 8.55. The minimum Gasteiger partial charge on any atom is -0.396 e. The Morgan fingerprint density at radius 1 is 1.10 bits per heavy atom. The van der Waals surface area contributed by atoms with Crippen molar-refractivity contribution in [1.82, 2.24) is 9.78 Å². The highest BCUT2D eigenvalue weighted by molar-refractivity contribution is 6.43. The predicted octanol–water partition coefficient (Wildman–Crippen LogP) is 4.75. The highest BCUT2D eigenvalue weighted by atomic mass is 35.5. The molecule has 2 aromatic carbocycles. The molecule has 1 aliphatic rings. The lowest BCUT2D eigenvalue weighted by atomic mass is 10.2. The Labute approximate surface area is 181 Å². The highest BCUT2D eigenvalue weighted by Gasteiger charge is 2.41. The van der Waals surface area contributed by atoms with Gasteiger partial charge in [0.1, 0.15) is 5.69 Å². The van der Waals surface area contributed by atoms with Crippen LogP contribution in [0.4, 0.5) is 17.1 Å². The van der Waals surface area contributed by atoms with Crippen molar-refractivity contribution in [3.8, 4) is 0 Å². The van der Waals surface area contributed by atoms with E-state index in [1.807, 2.05) is 30.3 Å². The van der Waals surface area contributed by atoms with Gasteiger partial charge in [-0.05, 0) is 31.2 Å². The van der Waals surface area contributed by atoms with Crippen molar-refractivity contribution >= 4 is 63.6 Å². The van der Waals surface area contributed by atoms with Gasteiger partial charge in [0.15, 0.2) is 11.9 Å². The quantitative estimate of drug-likeness (QED) is 0.604. The molecule has 2 heterocycles. The van der Waals surface area contributed by atoms with Crippen LogP contribution in [0.15, 0.2) is 53.8 Å². The van der Waals surface area contributed by atoms with Crippen LogP contribution in [0.1, 0.15) is 11.7 Å². The van der Waals surface area contributed by atoms with Gasteiger partial charge < -0.3 is 11.1 Å². The SMILES string of the molecule is Cc1nn(C2C(=O)N(c3c(Cl)cc(Cl)cc3Cl)N=C2Nc2ccccc2)cc1N. The number of halogens is 3. The topological polar surface area (TPSA) is 88.5 Å². The number of amides is 1. The molecule has 4 rings (SSSR count). The fourth-order valence-electron chi connectivity index (χ4n) is 2.97. The molecule has 1 amide bonds. The van der Waals surface area contributed by atoms with Gasteiger partial charge in [0.2, 0.25) is 0 Å². The standard InChI is InChI=1S/C19H15Cl3N6O/c1-10-15(23)9-27(25-10)17-18(24-12-5-3-2-4-6-12)26-28(19(17)29)16-13(21)7-11(20)8-14(16)22/h2-9,17H,23H2,1H3,(H,24,26). The molecule has 0 saturated carbocycles. The van der Waals surface area contributed by atoms with Crippen LogP contribution in [0.5, 0.6) is 0 Å². The first kappa shape index (κ1) is 19.6. The molecule has 148 valence electrons. The second-order valence-electron chi connectivity index (χ2n) is 6.40. The third-order valence-electron chi connectivity index (χ3n) is 4.37. The third kappa shape index (κ3) is 3.64. The first-order valence-corrected chi connectivity index (χ1v) is 9.69. The van der Waals surface area contributed by atoms with Crippen molar-refractivity contribution in [2.24, 2.45) is 5.10 Å². The Bertz CT molecular complexity index is 1090. The Morgan fingerprint density at radius 3 is 2.34 bits per heavy atom. The number of aromatic nitrogens is 2. The van der Waals surface area contributed by atoms with Gasteiger partial charge in [0.25, 0.3) is 5.91 Å². The zero-order chi connectivity index (χ0) is 20.7. The van der Waals surface area contributed by atoms with Crippen LogP contribution < -0.4 is 16.1 Å². The van der Waals surface area contributed by atoms with E-state index in [1.165, 1.54) is 16.8 Å². The summed E-state index contributed by atoms with van der Waals surface area (Å²) in [5.74, 6) is -0.0390. The molecule has 0 aliphatic carbocycles. The maximum atomic E-state index is 13.3. The maximum Gasteiger partial charge on any atom is 0.280 e. The van der Waals surface area contributed by atoms with Gasteiger partial charge in [0, 0.05) is 16.9 Å². The smallest absolute Gasteiger partial charge is 0.280 e. The van der Waals surface area contributed by atoms with Crippen molar-refractivity contribution in [2.45, 2.75) is 13.0 Å². The van der Waals surface area contributed by atoms with Crippen LogP contribution in [-0.4, -0.2) is 21.5 Å². The Morgan fingerprint density at radius 2 is 1.76 bits per heavy atom. The summed E-state index contributed by atoms with van der Waals surface area (Å²) in [4.78, 5) is 13.3. The summed E-state index contributed by atoms with van der Waals surface area (Å²) in [5.41, 5.74) is 8.02. The summed E-state index contributed by atoms with van der Waals surface area (Å²) in [7, 11) is 0. The van der Waals surface area contributed by atoms with Crippen LogP contribution in [0.25, 0.3) is 0 Å². The monoisotopic (exact) mass is 448 g/mol. The molecule has 0 spiro atoms. The van der Waals surface area contributed by atoms with Crippen LogP contribution >= 0.6 is 34.8 Å². The molecule has 1 aliphatic heterocycles. The minimum atomic E-state index is -0.867. The van der Waals surface area contributed by atoms with E-state index in [9.17, 15) is 4.79 Å². The Kier molecular flexibility index (Phi) is 5.12. The summed E-state index contributed by atoms with van der Waals surface area (Å²) in [6.45, 7) is 1.76. The Balaban J connectivity index is 1.81. The number of hydrogen-bond acceptors (Lipinski definition) is 5. The number of para-hydroxylation sites is 1. The lowest BCUT2D eigenvalue weighted by Crippen LogP contribution is -2.32. The lowest BCUT2D eigenvalue weighted by molar-refractivity contribution is -0.119. The van der Waals surface area contributed by atoms with Gasteiger partial charge >= 0.3 is 0 Å². The van der Waals surface area contributed by atoms with E-state index in [1.54, 1.807) is 13.1 Å². The van der Waals surface area contributed by atoms with Crippen molar-refractivity contribution in [1.29, 1.82) is 0 Å². The summed E-state index contributed by atoms with van der Waals surface area (Å²) in [6.07, 6.45) is 1.59. The number of hydrogen-bond donors (Lipinski definition) is 2. The summed E-state index contributed by atoms with van der Waals surface area (Å²) < 4.78 is 1.47. The van der Waals surface area contributed by atoms with E-state index < -0.39 is 11.9 Å². The zero-order valence-corrected chi connectivity index (χ0v) is 17.4. The number of rotatable bonds is 3. The van der Waals surface area contributed by atoms with E-state index in [0.717, 1.165) is 10.7 Å².